The first kappa shape index (κ1) is 18.9. The van der Waals surface area contributed by atoms with Crippen molar-refractivity contribution < 1.29 is 14.3 Å². The van der Waals surface area contributed by atoms with Gasteiger partial charge in [-0.15, -0.1) is 0 Å². The first-order chi connectivity index (χ1) is 14.1. The number of hydrogen-bond donors (Lipinski definition) is 0. The van der Waals surface area contributed by atoms with Gasteiger partial charge in [0.1, 0.15) is 17.3 Å². The largest absolute Gasteiger partial charge is 0.497 e. The number of ether oxygens (including phenoxy) is 2. The highest BCUT2D eigenvalue weighted by Gasteiger charge is 2.35. The predicted octanol–water partition coefficient (Wildman–Crippen LogP) is 2.06. The Kier molecular flexibility index (Phi) is 5.16. The van der Waals surface area contributed by atoms with Gasteiger partial charge in [-0.2, -0.15) is 5.10 Å². The Morgan fingerprint density at radius 1 is 1.14 bits per heavy atom. The van der Waals surface area contributed by atoms with Crippen LogP contribution in [0, 0.1) is 0 Å². The molecule has 0 saturated carbocycles. The molecule has 3 heterocycles. The van der Waals surface area contributed by atoms with E-state index >= 15 is 0 Å². The van der Waals surface area contributed by atoms with Crippen molar-refractivity contribution in [3.63, 3.8) is 0 Å². The minimum Gasteiger partial charge on any atom is -0.497 e. The highest BCUT2D eigenvalue weighted by molar-refractivity contribution is 5.80. The molecule has 0 aliphatic carbocycles. The lowest BCUT2D eigenvalue weighted by Gasteiger charge is -2.38. The van der Waals surface area contributed by atoms with Gasteiger partial charge in [0.2, 0.25) is 5.91 Å². The van der Waals surface area contributed by atoms with Crippen LogP contribution in [0.2, 0.25) is 0 Å². The molecule has 29 heavy (non-hydrogen) atoms. The van der Waals surface area contributed by atoms with Crippen molar-refractivity contribution in [2.75, 3.05) is 27.3 Å². The summed E-state index contributed by atoms with van der Waals surface area (Å²) in [4.78, 5) is 23.3. The first-order valence-electron chi connectivity index (χ1n) is 9.39. The highest BCUT2D eigenvalue weighted by atomic mass is 16.5. The first-order valence-corrected chi connectivity index (χ1v) is 9.39. The fraction of sp³-hybridized carbons (Fsp3) is 0.333. The Labute approximate surface area is 169 Å². The summed E-state index contributed by atoms with van der Waals surface area (Å²) in [7, 11) is 5.09. The number of aromatic nitrogens is 4. The van der Waals surface area contributed by atoms with Gasteiger partial charge in [0.05, 0.1) is 26.6 Å². The van der Waals surface area contributed by atoms with E-state index in [1.165, 1.54) is 0 Å². The summed E-state index contributed by atoms with van der Waals surface area (Å²) in [5.41, 5.74) is 1.75. The Bertz CT molecular complexity index is 1010. The zero-order valence-corrected chi connectivity index (χ0v) is 16.7. The Morgan fingerprint density at radius 2 is 1.90 bits per heavy atom. The van der Waals surface area contributed by atoms with Crippen molar-refractivity contribution in [1.29, 1.82) is 0 Å². The summed E-state index contributed by atoms with van der Waals surface area (Å²) >= 11 is 0. The molecule has 0 spiro atoms. The van der Waals surface area contributed by atoms with E-state index in [9.17, 15) is 4.79 Å². The minimum absolute atomic E-state index is 0.0596. The van der Waals surface area contributed by atoms with E-state index in [1.54, 1.807) is 31.3 Å². The lowest BCUT2D eigenvalue weighted by atomic mass is 9.97. The third-order valence-corrected chi connectivity index (χ3v) is 5.16. The van der Waals surface area contributed by atoms with Crippen LogP contribution >= 0.6 is 0 Å². The van der Waals surface area contributed by atoms with Gasteiger partial charge in [-0.05, 0) is 30.3 Å². The molecule has 0 bridgehead atoms. The minimum atomic E-state index is 0.0596. The number of pyridine rings is 1. The van der Waals surface area contributed by atoms with Crippen molar-refractivity contribution in [1.82, 2.24) is 24.6 Å². The monoisotopic (exact) mass is 393 g/mol. The van der Waals surface area contributed by atoms with Crippen LogP contribution in [0.1, 0.15) is 17.3 Å². The number of amides is 1. The smallest absolute Gasteiger partial charge is 0.227 e. The lowest BCUT2D eigenvalue weighted by molar-refractivity contribution is -0.135. The number of aryl methyl sites for hydroxylation is 1. The van der Waals surface area contributed by atoms with Crippen molar-refractivity contribution in [2.24, 2.45) is 7.05 Å². The molecule has 0 atom stereocenters. The van der Waals surface area contributed by atoms with Crippen LogP contribution in [0.4, 0.5) is 0 Å². The van der Waals surface area contributed by atoms with E-state index in [0.717, 1.165) is 17.0 Å². The number of methoxy groups -OCH3 is 2. The Morgan fingerprint density at radius 3 is 2.59 bits per heavy atom. The molecule has 2 aromatic heterocycles. The molecule has 8 nitrogen and oxygen atoms in total. The topological polar surface area (TPSA) is 82.4 Å². The highest BCUT2D eigenvalue weighted by Crippen LogP contribution is 2.30. The number of carbonyl (C=O) groups is 1. The summed E-state index contributed by atoms with van der Waals surface area (Å²) in [6.45, 7) is 1.26. The molecule has 1 aliphatic rings. The summed E-state index contributed by atoms with van der Waals surface area (Å²) in [6, 6.07) is 9.26. The van der Waals surface area contributed by atoms with Gasteiger partial charge in [0.15, 0.2) is 5.82 Å². The number of carbonyl (C=O) groups excluding carboxylic acids is 1. The normalized spacial score (nSPS) is 13.8. The molecule has 0 unspecified atom stereocenters. The maximum Gasteiger partial charge on any atom is 0.227 e. The second-order valence-electron chi connectivity index (χ2n) is 7.00. The molecule has 3 aromatic rings. The second-order valence-corrected chi connectivity index (χ2v) is 7.00. The zero-order valence-electron chi connectivity index (χ0n) is 16.7. The van der Waals surface area contributed by atoms with E-state index < -0.39 is 0 Å². The van der Waals surface area contributed by atoms with Gasteiger partial charge in [-0.25, -0.2) is 4.98 Å². The van der Waals surface area contributed by atoms with E-state index in [4.69, 9.17) is 9.47 Å². The molecule has 0 radical (unpaired) electrons. The van der Waals surface area contributed by atoms with Crippen LogP contribution < -0.4 is 9.47 Å². The summed E-state index contributed by atoms with van der Waals surface area (Å²) < 4.78 is 12.4. The van der Waals surface area contributed by atoms with Crippen LogP contribution in [0.15, 0.2) is 42.7 Å². The number of likely N-dealkylation sites (tertiary alicyclic amines) is 1. The quantitative estimate of drug-likeness (QED) is 0.638. The van der Waals surface area contributed by atoms with Crippen molar-refractivity contribution in [3.05, 3.63) is 54.1 Å². The van der Waals surface area contributed by atoms with Gasteiger partial charge in [0, 0.05) is 43.7 Å². The van der Waals surface area contributed by atoms with Crippen LogP contribution in [0.25, 0.3) is 11.4 Å². The molecule has 4 rings (SSSR count). The van der Waals surface area contributed by atoms with E-state index in [2.05, 4.69) is 15.1 Å². The van der Waals surface area contributed by atoms with E-state index in [0.29, 0.717) is 30.4 Å². The zero-order chi connectivity index (χ0) is 20.4. The standard InChI is InChI=1S/C21H23N5O3/c1-25-21(23-20(24-25)14-6-8-22-9-7-14)16-12-26(13-16)19(27)11-15-10-17(28-2)4-5-18(15)29-3/h4-10,16H,11-13H2,1-3H3. The Hall–Kier alpha value is -3.42. The fourth-order valence-electron chi connectivity index (χ4n) is 3.52. The van der Waals surface area contributed by atoms with Gasteiger partial charge in [-0.1, -0.05) is 0 Å². The average Bonchev–Trinajstić information content (AvgIpc) is 3.09. The predicted molar refractivity (Wildman–Crippen MR) is 107 cm³/mol. The molecule has 1 fully saturated rings. The summed E-state index contributed by atoms with van der Waals surface area (Å²) in [5.74, 6) is 3.20. The molecular weight excluding hydrogens is 370 g/mol. The number of hydrogen-bond acceptors (Lipinski definition) is 6. The summed E-state index contributed by atoms with van der Waals surface area (Å²) in [5, 5.41) is 4.51. The van der Waals surface area contributed by atoms with Gasteiger partial charge < -0.3 is 14.4 Å². The van der Waals surface area contributed by atoms with Crippen LogP contribution in [0.5, 0.6) is 11.5 Å². The number of rotatable bonds is 6. The molecule has 1 amide bonds. The molecule has 1 saturated heterocycles. The lowest BCUT2D eigenvalue weighted by Crippen LogP contribution is -2.49. The van der Waals surface area contributed by atoms with Gasteiger partial charge in [0.25, 0.3) is 0 Å². The Balaban J connectivity index is 1.42. The molecule has 1 aliphatic heterocycles. The number of benzene rings is 1. The average molecular weight is 393 g/mol. The third-order valence-electron chi connectivity index (χ3n) is 5.16. The van der Waals surface area contributed by atoms with Crippen LogP contribution in [0.3, 0.4) is 0 Å². The molecule has 0 N–H and O–H groups in total. The third kappa shape index (κ3) is 3.78. The molecule has 8 heteroatoms. The molecular formula is C21H23N5O3. The number of nitrogens with zero attached hydrogens (tertiary/aromatic N) is 5. The second kappa shape index (κ2) is 7.90. The van der Waals surface area contributed by atoms with Gasteiger partial charge in [-0.3, -0.25) is 14.5 Å². The maximum atomic E-state index is 12.7. The van der Waals surface area contributed by atoms with Gasteiger partial charge >= 0.3 is 0 Å². The van der Waals surface area contributed by atoms with E-state index in [1.807, 2.05) is 42.3 Å². The van der Waals surface area contributed by atoms with Crippen molar-refractivity contribution in [2.45, 2.75) is 12.3 Å². The van der Waals surface area contributed by atoms with Crippen LogP contribution in [-0.2, 0) is 18.3 Å². The van der Waals surface area contributed by atoms with Crippen molar-refractivity contribution in [3.8, 4) is 22.9 Å². The van der Waals surface area contributed by atoms with Crippen LogP contribution in [-0.4, -0.2) is 57.9 Å². The fourth-order valence-corrected chi connectivity index (χ4v) is 3.52. The molecule has 1 aromatic carbocycles. The van der Waals surface area contributed by atoms with Crippen molar-refractivity contribution >= 4 is 5.91 Å². The maximum absolute atomic E-state index is 12.7. The summed E-state index contributed by atoms with van der Waals surface area (Å²) in [6.07, 6.45) is 3.72. The molecule has 150 valence electrons. The van der Waals surface area contributed by atoms with E-state index in [-0.39, 0.29) is 18.2 Å². The SMILES string of the molecule is COc1ccc(OC)c(CC(=O)N2CC(c3nc(-c4ccncc4)nn3C)C2)c1.